The van der Waals surface area contributed by atoms with Gasteiger partial charge in [-0.25, -0.2) is 4.79 Å². The summed E-state index contributed by atoms with van der Waals surface area (Å²) in [5.41, 5.74) is 6.60. The van der Waals surface area contributed by atoms with Gasteiger partial charge in [0.05, 0.1) is 12.2 Å². The minimum atomic E-state index is -1.17. The van der Waals surface area contributed by atoms with E-state index >= 15 is 0 Å². The molecule has 0 aliphatic carbocycles. The van der Waals surface area contributed by atoms with Crippen molar-refractivity contribution in [1.29, 1.82) is 0 Å². The van der Waals surface area contributed by atoms with Crippen molar-refractivity contribution < 1.29 is 19.5 Å². The number of thioether (sulfide) groups is 1. The first kappa shape index (κ1) is 19.6. The van der Waals surface area contributed by atoms with Gasteiger partial charge < -0.3 is 16.2 Å². The van der Waals surface area contributed by atoms with Crippen LogP contribution in [0, 0.1) is 0 Å². The molecule has 1 fully saturated rings. The van der Waals surface area contributed by atoms with Gasteiger partial charge >= 0.3 is 5.97 Å². The molecule has 0 spiro atoms. The highest BCUT2D eigenvalue weighted by Gasteiger charge is 2.53. The van der Waals surface area contributed by atoms with E-state index < -0.39 is 35.9 Å². The van der Waals surface area contributed by atoms with Gasteiger partial charge in [0.2, 0.25) is 5.91 Å². The summed E-state index contributed by atoms with van der Waals surface area (Å²) in [4.78, 5) is 38.9. The predicted octanol–water partition coefficient (Wildman–Crippen LogP) is 1.12. The van der Waals surface area contributed by atoms with E-state index in [-0.39, 0.29) is 5.70 Å². The molecule has 0 unspecified atom stereocenters. The maximum Gasteiger partial charge on any atom is 0.353 e. The lowest BCUT2D eigenvalue weighted by Crippen LogP contribution is -2.72. The van der Waals surface area contributed by atoms with Crippen LogP contribution in [0.1, 0.15) is 24.4 Å². The van der Waals surface area contributed by atoms with Gasteiger partial charge in [-0.1, -0.05) is 46.6 Å². The summed E-state index contributed by atoms with van der Waals surface area (Å²) in [5, 5.41) is 16.1. The van der Waals surface area contributed by atoms with Gasteiger partial charge in [0.1, 0.15) is 22.0 Å². The molecule has 2 aliphatic heterocycles. The highest BCUT2D eigenvalue weighted by Crippen LogP contribution is 2.43. The standard InChI is InChI=1S/C18H17N5O4S2/c19-13(9-4-2-1-3-5-9)16(24)21-14-10-6-7-11(28-12-8-20-22-29-12)15(18(26)27)23(10)17(14)25/h1-5,8,10,13-14H,6-7,19H2,(H,21,24)(H,26,27)/t10-,13-,14+/m1/s1. The van der Waals surface area contributed by atoms with Gasteiger partial charge in [-0.15, -0.1) is 5.10 Å². The van der Waals surface area contributed by atoms with Gasteiger partial charge in [-0.2, -0.15) is 0 Å². The molecule has 3 heterocycles. The minimum Gasteiger partial charge on any atom is -0.477 e. The quantitative estimate of drug-likeness (QED) is 0.578. The maximum absolute atomic E-state index is 12.7. The Labute approximate surface area is 174 Å². The van der Waals surface area contributed by atoms with E-state index in [1.807, 2.05) is 6.07 Å². The van der Waals surface area contributed by atoms with Crippen molar-refractivity contribution in [2.45, 2.75) is 35.2 Å². The van der Waals surface area contributed by atoms with Crippen molar-refractivity contribution >= 4 is 41.1 Å². The predicted molar refractivity (Wildman–Crippen MR) is 106 cm³/mol. The van der Waals surface area contributed by atoms with Crippen LogP contribution in [0.5, 0.6) is 0 Å². The number of benzene rings is 1. The van der Waals surface area contributed by atoms with E-state index in [9.17, 15) is 19.5 Å². The fourth-order valence-electron chi connectivity index (χ4n) is 3.51. The molecule has 1 aromatic heterocycles. The number of fused-ring (bicyclic) bond motifs is 1. The SMILES string of the molecule is N[C@@H](C(=O)N[C@@H]1C(=O)N2C(C(=O)O)=C(Sc3cnns3)CC[C@H]12)c1ccccc1. The molecular weight excluding hydrogens is 414 g/mol. The van der Waals surface area contributed by atoms with Crippen molar-refractivity contribution in [3.63, 3.8) is 0 Å². The molecule has 9 nitrogen and oxygen atoms in total. The normalized spacial score (nSPS) is 22.0. The Morgan fingerprint density at radius 2 is 2.10 bits per heavy atom. The molecule has 11 heteroatoms. The molecule has 4 N–H and O–H groups in total. The van der Waals surface area contributed by atoms with Crippen LogP contribution in [0.4, 0.5) is 0 Å². The number of rotatable bonds is 6. The number of hydrogen-bond acceptors (Lipinski definition) is 8. The van der Waals surface area contributed by atoms with E-state index in [4.69, 9.17) is 5.73 Å². The molecule has 150 valence electrons. The number of nitrogens with zero attached hydrogens (tertiary/aromatic N) is 3. The van der Waals surface area contributed by atoms with E-state index in [0.717, 1.165) is 15.7 Å². The summed E-state index contributed by atoms with van der Waals surface area (Å²) in [6.07, 6.45) is 2.58. The maximum atomic E-state index is 12.7. The summed E-state index contributed by atoms with van der Waals surface area (Å²) in [6, 6.07) is 6.78. The Balaban J connectivity index is 1.49. The Morgan fingerprint density at radius 3 is 2.76 bits per heavy atom. The fraction of sp³-hybridized carbons (Fsp3) is 0.278. The summed E-state index contributed by atoms with van der Waals surface area (Å²) in [7, 11) is 0. The number of hydrogen-bond donors (Lipinski definition) is 3. The molecule has 0 saturated carbocycles. The zero-order valence-corrected chi connectivity index (χ0v) is 16.7. The summed E-state index contributed by atoms with van der Waals surface area (Å²) in [6.45, 7) is 0. The highest BCUT2D eigenvalue weighted by molar-refractivity contribution is 8.04. The van der Waals surface area contributed by atoms with E-state index in [1.165, 1.54) is 16.7 Å². The van der Waals surface area contributed by atoms with Crippen molar-refractivity contribution in [3.8, 4) is 0 Å². The van der Waals surface area contributed by atoms with E-state index in [1.54, 1.807) is 30.5 Å². The Bertz CT molecular complexity index is 979. The third kappa shape index (κ3) is 3.63. The molecular formula is C18H17N5O4S2. The first-order chi connectivity index (χ1) is 14.0. The topological polar surface area (TPSA) is 139 Å². The second kappa shape index (κ2) is 7.93. The van der Waals surface area contributed by atoms with Gasteiger partial charge in [-0.3, -0.25) is 14.5 Å². The number of carbonyl (C=O) groups is 3. The van der Waals surface area contributed by atoms with E-state index in [0.29, 0.717) is 23.3 Å². The molecule has 4 rings (SSSR count). The van der Waals surface area contributed by atoms with Gasteiger partial charge in [0.25, 0.3) is 5.91 Å². The van der Waals surface area contributed by atoms with Gasteiger partial charge in [0, 0.05) is 4.91 Å². The molecule has 1 saturated heterocycles. The molecule has 2 amide bonds. The van der Waals surface area contributed by atoms with Crippen molar-refractivity contribution in [2.24, 2.45) is 5.73 Å². The number of nitrogens with two attached hydrogens (primary N) is 1. The first-order valence-electron chi connectivity index (χ1n) is 8.83. The van der Waals surface area contributed by atoms with Crippen LogP contribution in [0.25, 0.3) is 0 Å². The number of carboxylic acids is 1. The fourth-order valence-corrected chi connectivity index (χ4v) is 5.17. The number of nitrogens with one attached hydrogen (secondary N) is 1. The smallest absolute Gasteiger partial charge is 0.353 e. The van der Waals surface area contributed by atoms with Crippen LogP contribution in [-0.2, 0) is 14.4 Å². The van der Waals surface area contributed by atoms with Crippen LogP contribution in [0.15, 0.2) is 51.3 Å². The van der Waals surface area contributed by atoms with Crippen molar-refractivity contribution in [1.82, 2.24) is 19.8 Å². The second-order valence-corrected chi connectivity index (χ2v) is 8.79. The molecule has 3 atom stereocenters. The molecule has 1 aromatic carbocycles. The molecule has 2 aliphatic rings. The number of amides is 2. The average Bonchev–Trinajstić information content (AvgIpc) is 3.24. The summed E-state index contributed by atoms with van der Waals surface area (Å²) in [5.74, 6) is -2.08. The van der Waals surface area contributed by atoms with Crippen LogP contribution in [0.2, 0.25) is 0 Å². The minimum absolute atomic E-state index is 0.0393. The monoisotopic (exact) mass is 431 g/mol. The Morgan fingerprint density at radius 1 is 1.34 bits per heavy atom. The van der Waals surface area contributed by atoms with Crippen molar-refractivity contribution in [2.75, 3.05) is 0 Å². The van der Waals surface area contributed by atoms with Crippen molar-refractivity contribution in [3.05, 3.63) is 52.7 Å². The first-order valence-corrected chi connectivity index (χ1v) is 10.4. The summed E-state index contributed by atoms with van der Waals surface area (Å²) >= 11 is 2.42. The number of aromatic nitrogens is 2. The van der Waals surface area contributed by atoms with Crippen LogP contribution >= 0.6 is 23.3 Å². The van der Waals surface area contributed by atoms with E-state index in [2.05, 4.69) is 14.9 Å². The molecule has 0 bridgehead atoms. The van der Waals surface area contributed by atoms with Crippen LogP contribution < -0.4 is 11.1 Å². The lowest BCUT2D eigenvalue weighted by atomic mass is 9.86. The van der Waals surface area contributed by atoms with Crippen LogP contribution in [-0.4, -0.2) is 49.5 Å². The van der Waals surface area contributed by atoms with Gasteiger partial charge in [-0.05, 0) is 29.9 Å². The molecule has 0 radical (unpaired) electrons. The largest absolute Gasteiger partial charge is 0.477 e. The highest BCUT2D eigenvalue weighted by atomic mass is 32.2. The third-order valence-corrected chi connectivity index (χ3v) is 6.78. The Kier molecular flexibility index (Phi) is 5.35. The number of allylic oxidation sites excluding steroid dienone is 1. The number of aliphatic carboxylic acids is 1. The third-order valence-electron chi connectivity index (χ3n) is 4.90. The number of carbonyl (C=O) groups excluding carboxylic acids is 2. The summed E-state index contributed by atoms with van der Waals surface area (Å²) < 4.78 is 4.52. The molecule has 29 heavy (non-hydrogen) atoms. The van der Waals surface area contributed by atoms with Crippen LogP contribution in [0.3, 0.4) is 0 Å². The number of β-lactam (4-membered cyclic amide) rings is 1. The second-order valence-electron chi connectivity index (χ2n) is 6.60. The molecule has 2 aromatic rings. The zero-order valence-electron chi connectivity index (χ0n) is 15.0. The average molecular weight is 431 g/mol. The number of carboxylic acid groups (broad SMARTS) is 1. The lowest BCUT2D eigenvalue weighted by Gasteiger charge is -2.50. The van der Waals surface area contributed by atoms with Gasteiger partial charge in [0.15, 0.2) is 0 Å². The zero-order chi connectivity index (χ0) is 20.5. The lowest BCUT2D eigenvalue weighted by molar-refractivity contribution is -0.156. The Hall–Kier alpha value is -2.76.